The summed E-state index contributed by atoms with van der Waals surface area (Å²) in [6, 6.07) is 2.49. The average Bonchev–Trinajstić information content (AvgIpc) is 3.17. The molecule has 3 heterocycles. The number of aryl methyl sites for hydroxylation is 3. The fourth-order valence-corrected chi connectivity index (χ4v) is 4.72. The molecule has 112 valence electrons. The van der Waals surface area contributed by atoms with E-state index >= 15 is 0 Å². The van der Waals surface area contributed by atoms with Crippen LogP contribution in [0.4, 0.5) is 0 Å². The Labute approximate surface area is 129 Å². The Kier molecular flexibility index (Phi) is 3.55. The summed E-state index contributed by atoms with van der Waals surface area (Å²) in [5.41, 5.74) is 2.46. The maximum absolute atomic E-state index is 5.25. The van der Waals surface area contributed by atoms with Crippen molar-refractivity contribution >= 4 is 11.3 Å². The predicted octanol–water partition coefficient (Wildman–Crippen LogP) is 3.66. The summed E-state index contributed by atoms with van der Waals surface area (Å²) >= 11 is 1.93. The Balaban J connectivity index is 1.51. The van der Waals surface area contributed by atoms with Crippen LogP contribution in [-0.2, 0) is 19.4 Å². The van der Waals surface area contributed by atoms with Gasteiger partial charge in [0.15, 0.2) is 0 Å². The highest BCUT2D eigenvalue weighted by Crippen LogP contribution is 2.34. The number of rotatable bonds is 3. The summed E-state index contributed by atoms with van der Waals surface area (Å²) in [7, 11) is 0. The second-order valence-electron chi connectivity index (χ2n) is 6.18. The maximum Gasteiger partial charge on any atom is 0.133 e. The number of hydrogen-bond acceptors (Lipinski definition) is 5. The quantitative estimate of drug-likeness (QED) is 0.868. The molecule has 0 saturated carbocycles. The second-order valence-corrected chi connectivity index (χ2v) is 7.34. The van der Waals surface area contributed by atoms with Gasteiger partial charge in [0.25, 0.3) is 0 Å². The summed E-state index contributed by atoms with van der Waals surface area (Å²) in [6.45, 7) is 4.07. The van der Waals surface area contributed by atoms with E-state index < -0.39 is 0 Å². The van der Waals surface area contributed by atoms with Gasteiger partial charge in [-0.1, -0.05) is 5.16 Å². The van der Waals surface area contributed by atoms with Crippen molar-refractivity contribution in [2.45, 2.75) is 58.0 Å². The van der Waals surface area contributed by atoms with Crippen molar-refractivity contribution < 1.29 is 4.52 Å². The Morgan fingerprint density at radius 2 is 2.24 bits per heavy atom. The van der Waals surface area contributed by atoms with E-state index in [1.165, 1.54) is 54.1 Å². The first kappa shape index (κ1) is 13.5. The van der Waals surface area contributed by atoms with Gasteiger partial charge in [-0.25, -0.2) is 4.98 Å². The SMILES string of the molecule is Cc1cc(C2CCCN2Cc2nc3c(s2)CCCC3)no1. The molecule has 0 amide bonds. The van der Waals surface area contributed by atoms with Crippen molar-refractivity contribution in [2.75, 3.05) is 6.54 Å². The van der Waals surface area contributed by atoms with Gasteiger partial charge in [-0.2, -0.15) is 0 Å². The third-order valence-corrected chi connectivity index (χ3v) is 5.72. The molecule has 21 heavy (non-hydrogen) atoms. The van der Waals surface area contributed by atoms with Gasteiger partial charge in [-0.3, -0.25) is 4.90 Å². The van der Waals surface area contributed by atoms with Crippen molar-refractivity contribution in [3.63, 3.8) is 0 Å². The first-order valence-electron chi connectivity index (χ1n) is 7.94. The van der Waals surface area contributed by atoms with Gasteiger partial charge in [0.2, 0.25) is 0 Å². The first-order chi connectivity index (χ1) is 10.3. The minimum Gasteiger partial charge on any atom is -0.361 e. The highest BCUT2D eigenvalue weighted by Gasteiger charge is 2.29. The molecule has 2 aliphatic rings. The van der Waals surface area contributed by atoms with Crippen LogP contribution in [0, 0.1) is 6.92 Å². The lowest BCUT2D eigenvalue weighted by atomic mass is 10.0. The second kappa shape index (κ2) is 5.54. The highest BCUT2D eigenvalue weighted by atomic mass is 32.1. The van der Waals surface area contributed by atoms with E-state index in [-0.39, 0.29) is 0 Å². The van der Waals surface area contributed by atoms with E-state index in [0.717, 1.165) is 24.5 Å². The molecule has 1 aliphatic heterocycles. The Morgan fingerprint density at radius 3 is 3.05 bits per heavy atom. The summed E-state index contributed by atoms with van der Waals surface area (Å²) < 4.78 is 5.25. The number of thiazole rings is 1. The zero-order chi connectivity index (χ0) is 14.2. The molecule has 4 rings (SSSR count). The van der Waals surface area contributed by atoms with Gasteiger partial charge < -0.3 is 4.52 Å². The summed E-state index contributed by atoms with van der Waals surface area (Å²) in [5.74, 6) is 0.904. The molecule has 1 saturated heterocycles. The van der Waals surface area contributed by atoms with Crippen LogP contribution in [0.15, 0.2) is 10.6 Å². The topological polar surface area (TPSA) is 42.2 Å². The van der Waals surface area contributed by atoms with Crippen LogP contribution in [0.3, 0.4) is 0 Å². The minimum atomic E-state index is 0.406. The lowest BCUT2D eigenvalue weighted by Crippen LogP contribution is -2.22. The maximum atomic E-state index is 5.25. The largest absolute Gasteiger partial charge is 0.361 e. The molecule has 1 aliphatic carbocycles. The van der Waals surface area contributed by atoms with E-state index in [9.17, 15) is 0 Å². The van der Waals surface area contributed by atoms with Crippen LogP contribution >= 0.6 is 11.3 Å². The summed E-state index contributed by atoms with van der Waals surface area (Å²) in [5, 5.41) is 5.51. The fraction of sp³-hybridized carbons (Fsp3) is 0.625. The zero-order valence-electron chi connectivity index (χ0n) is 12.5. The van der Waals surface area contributed by atoms with Crippen LogP contribution in [-0.4, -0.2) is 21.6 Å². The van der Waals surface area contributed by atoms with Gasteiger partial charge in [0, 0.05) is 10.9 Å². The monoisotopic (exact) mass is 303 g/mol. The molecule has 0 bridgehead atoms. The minimum absolute atomic E-state index is 0.406. The van der Waals surface area contributed by atoms with E-state index in [1.54, 1.807) is 0 Å². The molecule has 1 atom stereocenters. The van der Waals surface area contributed by atoms with E-state index in [2.05, 4.69) is 16.1 Å². The Morgan fingerprint density at radius 1 is 1.33 bits per heavy atom. The van der Waals surface area contributed by atoms with E-state index in [0.29, 0.717) is 6.04 Å². The molecule has 4 nitrogen and oxygen atoms in total. The van der Waals surface area contributed by atoms with Crippen LogP contribution in [0.2, 0.25) is 0 Å². The van der Waals surface area contributed by atoms with Gasteiger partial charge >= 0.3 is 0 Å². The lowest BCUT2D eigenvalue weighted by molar-refractivity contribution is 0.236. The molecule has 0 radical (unpaired) electrons. The van der Waals surface area contributed by atoms with Gasteiger partial charge in [0.05, 0.1) is 18.3 Å². The number of fused-ring (bicyclic) bond motifs is 1. The van der Waals surface area contributed by atoms with Crippen molar-refractivity contribution in [3.05, 3.63) is 33.1 Å². The number of nitrogens with zero attached hydrogens (tertiary/aromatic N) is 3. The molecule has 0 spiro atoms. The molecule has 5 heteroatoms. The molecular formula is C16H21N3OS. The van der Waals surface area contributed by atoms with Crippen LogP contribution in [0.25, 0.3) is 0 Å². The molecule has 0 N–H and O–H groups in total. The highest BCUT2D eigenvalue weighted by molar-refractivity contribution is 7.11. The standard InChI is InChI=1S/C16H21N3OS/c1-11-9-13(18-20-11)14-6-4-8-19(14)10-16-17-12-5-2-3-7-15(12)21-16/h9,14H,2-8,10H2,1H3. The van der Waals surface area contributed by atoms with Crippen molar-refractivity contribution in [1.82, 2.24) is 15.0 Å². The van der Waals surface area contributed by atoms with Gasteiger partial charge in [-0.05, 0) is 52.0 Å². The third-order valence-electron chi connectivity index (χ3n) is 4.58. The van der Waals surface area contributed by atoms with Crippen LogP contribution in [0.5, 0.6) is 0 Å². The lowest BCUT2D eigenvalue weighted by Gasteiger charge is -2.21. The van der Waals surface area contributed by atoms with E-state index in [1.807, 2.05) is 18.3 Å². The average molecular weight is 303 g/mol. The van der Waals surface area contributed by atoms with Crippen LogP contribution < -0.4 is 0 Å². The Bertz CT molecular complexity index is 610. The van der Waals surface area contributed by atoms with E-state index in [4.69, 9.17) is 9.51 Å². The normalized spacial score (nSPS) is 22.6. The zero-order valence-corrected chi connectivity index (χ0v) is 13.3. The molecule has 1 fully saturated rings. The third kappa shape index (κ3) is 2.64. The predicted molar refractivity (Wildman–Crippen MR) is 82.4 cm³/mol. The van der Waals surface area contributed by atoms with Crippen molar-refractivity contribution in [3.8, 4) is 0 Å². The number of aromatic nitrogens is 2. The van der Waals surface area contributed by atoms with Crippen molar-refractivity contribution in [1.29, 1.82) is 0 Å². The van der Waals surface area contributed by atoms with Crippen LogP contribution in [0.1, 0.15) is 58.8 Å². The molecule has 2 aromatic rings. The molecular weight excluding hydrogens is 282 g/mol. The smallest absolute Gasteiger partial charge is 0.133 e. The van der Waals surface area contributed by atoms with Gasteiger partial charge in [-0.15, -0.1) is 11.3 Å². The fourth-order valence-electron chi connectivity index (χ4n) is 3.54. The summed E-state index contributed by atoms with van der Waals surface area (Å²) in [4.78, 5) is 8.93. The number of likely N-dealkylation sites (tertiary alicyclic amines) is 1. The first-order valence-corrected chi connectivity index (χ1v) is 8.76. The molecule has 1 unspecified atom stereocenters. The number of hydrogen-bond donors (Lipinski definition) is 0. The molecule has 2 aromatic heterocycles. The Hall–Kier alpha value is -1.20. The van der Waals surface area contributed by atoms with Crippen molar-refractivity contribution in [2.24, 2.45) is 0 Å². The van der Waals surface area contributed by atoms with Gasteiger partial charge in [0.1, 0.15) is 16.5 Å². The summed E-state index contributed by atoms with van der Waals surface area (Å²) in [6.07, 6.45) is 7.47. The molecule has 0 aromatic carbocycles.